The van der Waals surface area contributed by atoms with E-state index in [1.54, 1.807) is 0 Å². The molecule has 0 bridgehead atoms. The molecule has 2 atom stereocenters. The molecule has 3 heteroatoms. The van der Waals surface area contributed by atoms with E-state index in [0.717, 1.165) is 16.6 Å². The summed E-state index contributed by atoms with van der Waals surface area (Å²) in [5.74, 6) is 0. The molecule has 0 saturated carbocycles. The van der Waals surface area contributed by atoms with Crippen LogP contribution in [0.15, 0.2) is 30.3 Å². The standard InChI is InChI=1S/C23H42NO.BrH/c1-5-6-7-8-9-10-11-12-13-17-20-24(3,4)21(2)23(25)22-18-15-14-16-19-22;/h14-16,18-19,21,23,25H,5-13,17,20H2,1-4H3;1H/q+1;/t21-,23-;/m0./s1. The number of aliphatic hydroxyl groups excluding tert-OH is 1. The number of hydrogen-bond donors (Lipinski definition) is 1. The van der Waals surface area contributed by atoms with Crippen LogP contribution in [0.25, 0.3) is 0 Å². The summed E-state index contributed by atoms with van der Waals surface area (Å²) in [6.07, 6.45) is 13.4. The Morgan fingerprint density at radius 3 is 1.77 bits per heavy atom. The Hall–Kier alpha value is -0.380. The highest BCUT2D eigenvalue weighted by Gasteiger charge is 2.30. The van der Waals surface area contributed by atoms with Crippen molar-refractivity contribution in [2.45, 2.75) is 90.2 Å². The van der Waals surface area contributed by atoms with E-state index in [1.807, 2.05) is 30.3 Å². The lowest BCUT2D eigenvalue weighted by Gasteiger charge is -2.38. The number of halogens is 1. The lowest BCUT2D eigenvalue weighted by atomic mass is 10.0. The van der Waals surface area contributed by atoms with Crippen molar-refractivity contribution in [1.82, 2.24) is 0 Å². The van der Waals surface area contributed by atoms with Crippen molar-refractivity contribution in [3.05, 3.63) is 35.9 Å². The zero-order valence-electron chi connectivity index (χ0n) is 17.6. The van der Waals surface area contributed by atoms with Crippen LogP contribution in [-0.2, 0) is 0 Å². The molecule has 1 rings (SSSR count). The summed E-state index contributed by atoms with van der Waals surface area (Å²) < 4.78 is 0.882. The Kier molecular flexibility index (Phi) is 14.4. The SMILES string of the molecule is Br.CCCCCCCCCCCC[N+](C)(C)[C@@H](C)[C@H](O)c1ccccc1. The van der Waals surface area contributed by atoms with Gasteiger partial charge >= 0.3 is 0 Å². The van der Waals surface area contributed by atoms with Gasteiger partial charge < -0.3 is 9.59 Å². The molecule has 26 heavy (non-hydrogen) atoms. The van der Waals surface area contributed by atoms with Gasteiger partial charge in [0.05, 0.1) is 20.6 Å². The van der Waals surface area contributed by atoms with Crippen LogP contribution in [0.3, 0.4) is 0 Å². The van der Waals surface area contributed by atoms with E-state index in [-0.39, 0.29) is 29.1 Å². The summed E-state index contributed by atoms with van der Waals surface area (Å²) in [5.41, 5.74) is 1.03. The molecule has 2 nitrogen and oxygen atoms in total. The molecule has 0 aliphatic rings. The first-order valence-electron chi connectivity index (χ1n) is 10.5. The molecule has 0 aliphatic heterocycles. The summed E-state index contributed by atoms with van der Waals surface area (Å²) in [6, 6.07) is 10.3. The number of quaternary nitrogens is 1. The Morgan fingerprint density at radius 2 is 1.27 bits per heavy atom. The third kappa shape index (κ3) is 10.1. The first kappa shape index (κ1) is 25.6. The summed E-state index contributed by atoms with van der Waals surface area (Å²) in [5, 5.41) is 10.7. The Morgan fingerprint density at radius 1 is 0.808 bits per heavy atom. The van der Waals surface area contributed by atoms with Crippen LogP contribution in [0.5, 0.6) is 0 Å². The average Bonchev–Trinajstić information content (AvgIpc) is 2.62. The van der Waals surface area contributed by atoms with Crippen LogP contribution >= 0.6 is 17.0 Å². The first-order valence-corrected chi connectivity index (χ1v) is 10.5. The number of likely N-dealkylation sites (N-methyl/N-ethyl adjacent to an activating group) is 1. The van der Waals surface area contributed by atoms with Crippen LogP contribution in [0.4, 0.5) is 0 Å². The van der Waals surface area contributed by atoms with Crippen molar-refractivity contribution in [1.29, 1.82) is 0 Å². The summed E-state index contributed by atoms with van der Waals surface area (Å²) >= 11 is 0. The maximum atomic E-state index is 10.7. The molecule has 0 radical (unpaired) electrons. The number of nitrogens with zero attached hydrogens (tertiary/aromatic N) is 1. The smallest absolute Gasteiger partial charge is 0.130 e. The fraction of sp³-hybridized carbons (Fsp3) is 0.739. The molecular weight excluding hydrogens is 386 g/mol. The maximum absolute atomic E-state index is 10.7. The van der Waals surface area contributed by atoms with Gasteiger partial charge in [0.1, 0.15) is 12.1 Å². The van der Waals surface area contributed by atoms with Crippen LogP contribution < -0.4 is 0 Å². The number of rotatable bonds is 14. The van der Waals surface area contributed by atoms with Crippen molar-refractivity contribution < 1.29 is 9.59 Å². The van der Waals surface area contributed by atoms with Gasteiger partial charge in [-0.3, -0.25) is 0 Å². The Bertz CT molecular complexity index is 435. The molecule has 152 valence electrons. The lowest BCUT2D eigenvalue weighted by molar-refractivity contribution is -0.917. The van der Waals surface area contributed by atoms with Gasteiger partial charge in [-0.05, 0) is 25.3 Å². The minimum atomic E-state index is -0.390. The second kappa shape index (κ2) is 14.6. The van der Waals surface area contributed by atoms with Crippen LogP contribution in [-0.4, -0.2) is 36.3 Å². The van der Waals surface area contributed by atoms with E-state index in [2.05, 4.69) is 27.9 Å². The molecule has 0 unspecified atom stereocenters. The van der Waals surface area contributed by atoms with Crippen molar-refractivity contribution >= 4 is 17.0 Å². The molecule has 0 heterocycles. The maximum Gasteiger partial charge on any atom is 0.130 e. The fourth-order valence-electron chi connectivity index (χ4n) is 3.52. The highest BCUT2D eigenvalue weighted by Crippen LogP contribution is 2.24. The monoisotopic (exact) mass is 428 g/mol. The van der Waals surface area contributed by atoms with E-state index in [4.69, 9.17) is 0 Å². The second-order valence-electron chi connectivity index (χ2n) is 8.28. The topological polar surface area (TPSA) is 20.2 Å². The Balaban J connectivity index is 0.00000625. The third-order valence-corrected chi connectivity index (χ3v) is 5.79. The van der Waals surface area contributed by atoms with E-state index >= 15 is 0 Å². The molecule has 1 aromatic rings. The number of benzene rings is 1. The van der Waals surface area contributed by atoms with Gasteiger partial charge in [-0.15, -0.1) is 17.0 Å². The van der Waals surface area contributed by atoms with Gasteiger partial charge in [0.15, 0.2) is 0 Å². The van der Waals surface area contributed by atoms with Gasteiger partial charge in [-0.2, -0.15) is 0 Å². The zero-order valence-corrected chi connectivity index (χ0v) is 19.3. The molecule has 0 fully saturated rings. The number of aliphatic hydroxyl groups is 1. The van der Waals surface area contributed by atoms with Crippen LogP contribution in [0.2, 0.25) is 0 Å². The second-order valence-corrected chi connectivity index (χ2v) is 8.28. The van der Waals surface area contributed by atoms with Crippen molar-refractivity contribution in [2.75, 3.05) is 20.6 Å². The molecular formula is C23H43BrNO+. The Labute approximate surface area is 173 Å². The fourth-order valence-corrected chi connectivity index (χ4v) is 3.52. The molecule has 0 amide bonds. The predicted molar refractivity (Wildman–Crippen MR) is 120 cm³/mol. The minimum Gasteiger partial charge on any atom is -0.382 e. The van der Waals surface area contributed by atoms with Gasteiger partial charge in [-0.1, -0.05) is 88.6 Å². The van der Waals surface area contributed by atoms with Gasteiger partial charge in [0.25, 0.3) is 0 Å². The molecule has 0 aromatic heterocycles. The lowest BCUT2D eigenvalue weighted by Crippen LogP contribution is -2.50. The molecule has 1 aromatic carbocycles. The van der Waals surface area contributed by atoms with Gasteiger partial charge in [-0.25, -0.2) is 0 Å². The summed E-state index contributed by atoms with van der Waals surface area (Å²) in [7, 11) is 4.51. The molecule has 1 N–H and O–H groups in total. The summed E-state index contributed by atoms with van der Waals surface area (Å²) in [6.45, 7) is 5.59. The largest absolute Gasteiger partial charge is 0.382 e. The molecule has 0 saturated heterocycles. The van der Waals surface area contributed by atoms with Crippen molar-refractivity contribution in [3.8, 4) is 0 Å². The molecule has 0 aliphatic carbocycles. The number of unbranched alkanes of at least 4 members (excludes halogenated alkanes) is 9. The van der Waals surface area contributed by atoms with Crippen molar-refractivity contribution in [2.24, 2.45) is 0 Å². The summed E-state index contributed by atoms with van der Waals surface area (Å²) in [4.78, 5) is 0. The predicted octanol–water partition coefficient (Wildman–Crippen LogP) is 6.68. The minimum absolute atomic E-state index is 0. The quantitative estimate of drug-likeness (QED) is 0.258. The van der Waals surface area contributed by atoms with Gasteiger partial charge in [0.2, 0.25) is 0 Å². The van der Waals surface area contributed by atoms with E-state index < -0.39 is 0 Å². The highest BCUT2D eigenvalue weighted by atomic mass is 79.9. The number of hydrogen-bond acceptors (Lipinski definition) is 1. The zero-order chi connectivity index (χ0) is 18.5. The van der Waals surface area contributed by atoms with Gasteiger partial charge in [0, 0.05) is 0 Å². The van der Waals surface area contributed by atoms with Crippen molar-refractivity contribution in [3.63, 3.8) is 0 Å². The third-order valence-electron chi connectivity index (χ3n) is 5.79. The van der Waals surface area contributed by atoms with Crippen LogP contribution in [0, 0.1) is 0 Å². The average molecular weight is 430 g/mol. The first-order chi connectivity index (χ1) is 12.0. The normalized spacial score (nSPS) is 13.9. The van der Waals surface area contributed by atoms with Crippen LogP contribution in [0.1, 0.15) is 89.7 Å². The van der Waals surface area contributed by atoms with E-state index in [9.17, 15) is 5.11 Å². The highest BCUT2D eigenvalue weighted by molar-refractivity contribution is 8.93. The molecule has 0 spiro atoms. The van der Waals surface area contributed by atoms with E-state index in [1.165, 1.54) is 64.2 Å². The van der Waals surface area contributed by atoms with E-state index in [0.29, 0.717) is 0 Å².